The maximum Gasteiger partial charge on any atom is 3.00 e. The van der Waals surface area contributed by atoms with E-state index in [-0.39, 0.29) is 63.3 Å². The molecule has 0 saturated heterocycles. The molecule has 0 saturated carbocycles. The molecule has 38 heavy (non-hydrogen) atoms. The van der Waals surface area contributed by atoms with Gasteiger partial charge in [0.1, 0.15) is 0 Å². The van der Waals surface area contributed by atoms with Crippen molar-refractivity contribution in [3.05, 3.63) is 204 Å². The smallest absolute Gasteiger partial charge is 0.358 e. The third-order valence-electron chi connectivity index (χ3n) is 4.53. The zero-order chi connectivity index (χ0) is 23.8. The molecule has 0 atom stereocenters. The first kappa shape index (κ1) is 40.9. The average Bonchev–Trinajstić information content (AvgIpc) is 3.78. The van der Waals surface area contributed by atoms with E-state index in [1.807, 2.05) is 123 Å². The van der Waals surface area contributed by atoms with Crippen LogP contribution in [-0.4, -0.2) is 0 Å². The predicted octanol–water partition coefficient (Wildman–Crippen LogP) is 9.29. The number of rotatable bonds is 5. The van der Waals surface area contributed by atoms with Gasteiger partial charge >= 0.3 is 21.7 Å². The van der Waals surface area contributed by atoms with Crippen molar-refractivity contribution in [2.24, 2.45) is 0 Å². The van der Waals surface area contributed by atoms with Crippen LogP contribution in [0.3, 0.4) is 0 Å². The van der Waals surface area contributed by atoms with Crippen LogP contribution in [0, 0.1) is 58.8 Å². The molecule has 0 N–H and O–H groups in total. The summed E-state index contributed by atoms with van der Waals surface area (Å²) in [6.07, 6.45) is 63.7. The van der Waals surface area contributed by atoms with Gasteiger partial charge in [0.15, 0.2) is 0 Å². The fraction of sp³-hybridized carbons (Fsp3) is 0.0571. The van der Waals surface area contributed by atoms with Crippen LogP contribution in [0.15, 0.2) is 145 Å². The summed E-state index contributed by atoms with van der Waals surface area (Å²) in [6.45, 7) is 0. The Hall–Kier alpha value is -1.63. The zero-order valence-corrected chi connectivity index (χ0v) is 25.7. The minimum atomic E-state index is 0. The third-order valence-corrected chi connectivity index (χ3v) is 4.53. The largest absolute Gasteiger partial charge is 3.00 e. The minimum absolute atomic E-state index is 0. The zero-order valence-electron chi connectivity index (χ0n) is 21.9. The van der Waals surface area contributed by atoms with Crippen molar-refractivity contribution in [2.75, 3.05) is 0 Å². The second kappa shape index (κ2) is 31.6. The van der Waals surface area contributed by atoms with Crippen LogP contribution < -0.4 is 0 Å². The van der Waals surface area contributed by atoms with Crippen molar-refractivity contribution in [1.29, 1.82) is 0 Å². The molecule has 0 nitrogen and oxygen atoms in total. The van der Waals surface area contributed by atoms with E-state index in [4.69, 9.17) is 0 Å². The van der Waals surface area contributed by atoms with Gasteiger partial charge in [0, 0.05) is 59.8 Å². The van der Waals surface area contributed by atoms with Gasteiger partial charge in [0.25, 0.3) is 0 Å². The Kier molecular flexibility index (Phi) is 34.0. The van der Waals surface area contributed by atoms with E-state index in [9.17, 15) is 0 Å². The summed E-state index contributed by atoms with van der Waals surface area (Å²) in [5.74, 6) is 0. The molecule has 0 amide bonds. The molecule has 0 aromatic rings. The van der Waals surface area contributed by atoms with E-state index < -0.39 is 0 Å². The van der Waals surface area contributed by atoms with E-state index in [1.54, 1.807) is 0 Å². The van der Waals surface area contributed by atoms with Gasteiger partial charge in [-0.05, 0) is 0 Å². The molecular weight excluding hydrogens is 580 g/mol. The fourth-order valence-corrected chi connectivity index (χ4v) is 2.83. The Morgan fingerprint density at radius 2 is 0.632 bits per heavy atom. The second-order valence-corrected chi connectivity index (χ2v) is 7.27. The van der Waals surface area contributed by atoms with Crippen molar-refractivity contribution >= 4 is 0 Å². The van der Waals surface area contributed by atoms with Crippen molar-refractivity contribution in [1.82, 2.24) is 0 Å². The van der Waals surface area contributed by atoms with Crippen LogP contribution in [0.1, 0.15) is 12.8 Å². The standard InChI is InChI=1S/C14H14.4C5H5.CH3.2Fe.Ti/c1-2-8-13(7-1)11-5-6-12-14-9-3-4-10-14;4*1-2-4-5-3-1;;;;/h1-4,7-12H,5-6H2;4*1-5H;1H3;;;/q-2;;;;;-1;;;+3. The Balaban J connectivity index is -0.000000431. The van der Waals surface area contributed by atoms with E-state index in [0.717, 1.165) is 12.8 Å². The molecule has 0 unspecified atom stereocenters. The first-order chi connectivity index (χ1) is 16.9. The summed E-state index contributed by atoms with van der Waals surface area (Å²) in [7, 11) is 0. The summed E-state index contributed by atoms with van der Waals surface area (Å²) in [5, 5.41) is 0. The number of allylic oxidation sites excluding steroid dienone is 24. The Morgan fingerprint density at radius 3 is 0.789 bits per heavy atom. The van der Waals surface area contributed by atoms with Gasteiger partial charge in [-0.3, -0.25) is 0 Å². The van der Waals surface area contributed by atoms with Crippen molar-refractivity contribution in [3.8, 4) is 0 Å². The topological polar surface area (TPSA) is 0 Å². The van der Waals surface area contributed by atoms with Crippen LogP contribution in [0.25, 0.3) is 0 Å². The van der Waals surface area contributed by atoms with E-state index in [1.165, 1.54) is 11.1 Å². The first-order valence-electron chi connectivity index (χ1n) is 11.7. The molecule has 0 aromatic heterocycles. The van der Waals surface area contributed by atoms with Gasteiger partial charge < -0.3 is 7.43 Å². The molecule has 0 heterocycles. The van der Waals surface area contributed by atoms with Crippen LogP contribution in [-0.2, 0) is 55.9 Å². The molecule has 0 aromatic carbocycles. The van der Waals surface area contributed by atoms with Crippen molar-refractivity contribution in [3.63, 3.8) is 0 Å². The average molecular weight is 617 g/mol. The van der Waals surface area contributed by atoms with Gasteiger partial charge in [-0.2, -0.15) is 48.3 Å². The molecule has 7 radical (unpaired) electrons. The molecule has 3 heteroatoms. The van der Waals surface area contributed by atoms with Crippen LogP contribution in [0.2, 0.25) is 0 Å². The SMILES string of the molecule is [CH3-].[CH]1C=CC([CH-]CC[CH-]C2=C[CH]C=C2)=C1.[CH]1C=CC=C1.[CH]1C=CC=C1.[CH]1C=CC=C1.[CH]1C=CC=C1.[Fe].[Fe].[Ti+3]. The van der Waals surface area contributed by atoms with Crippen LogP contribution in [0.5, 0.6) is 0 Å². The molecular formula is C35H37Fe2Ti. The summed E-state index contributed by atoms with van der Waals surface area (Å²) in [4.78, 5) is 0. The molecule has 6 aliphatic rings. The van der Waals surface area contributed by atoms with Gasteiger partial charge in [0.05, 0.1) is 0 Å². The fourth-order valence-electron chi connectivity index (χ4n) is 2.83. The van der Waals surface area contributed by atoms with E-state index >= 15 is 0 Å². The van der Waals surface area contributed by atoms with Gasteiger partial charge in [0.2, 0.25) is 0 Å². The molecule has 197 valence electrons. The Labute approximate surface area is 270 Å². The van der Waals surface area contributed by atoms with Gasteiger partial charge in [-0.1, -0.05) is 123 Å². The van der Waals surface area contributed by atoms with Gasteiger partial charge in [-0.15, -0.1) is 12.2 Å². The van der Waals surface area contributed by atoms with E-state index in [2.05, 4.69) is 62.1 Å². The molecule has 0 spiro atoms. The maximum absolute atomic E-state index is 2.28. The summed E-state index contributed by atoms with van der Waals surface area (Å²) in [5.41, 5.74) is 2.67. The number of hydrogen-bond acceptors (Lipinski definition) is 0. The first-order valence-corrected chi connectivity index (χ1v) is 11.7. The quantitative estimate of drug-likeness (QED) is 0.164. The normalized spacial score (nSPS) is 16.0. The monoisotopic (exact) mass is 617 g/mol. The van der Waals surface area contributed by atoms with Crippen molar-refractivity contribution in [2.45, 2.75) is 12.8 Å². The van der Waals surface area contributed by atoms with Crippen molar-refractivity contribution < 1.29 is 55.9 Å². The molecule has 0 bridgehead atoms. The second-order valence-electron chi connectivity index (χ2n) is 7.27. The third kappa shape index (κ3) is 24.7. The molecule has 6 rings (SSSR count). The number of hydrogen-bond donors (Lipinski definition) is 0. The van der Waals surface area contributed by atoms with Gasteiger partial charge in [-0.25, -0.2) is 0 Å². The summed E-state index contributed by atoms with van der Waals surface area (Å²) >= 11 is 0. The molecule has 0 fully saturated rings. The van der Waals surface area contributed by atoms with Crippen LogP contribution in [0.4, 0.5) is 0 Å². The number of unbranched alkanes of at least 4 members (excludes halogenated alkanes) is 1. The summed E-state index contributed by atoms with van der Waals surface area (Å²) < 4.78 is 0. The Morgan fingerprint density at radius 1 is 0.368 bits per heavy atom. The Bertz CT molecular complexity index is 756. The predicted molar refractivity (Wildman–Crippen MR) is 158 cm³/mol. The molecule has 0 aliphatic heterocycles. The summed E-state index contributed by atoms with van der Waals surface area (Å²) in [6, 6.07) is 0. The molecule has 6 aliphatic carbocycles. The minimum Gasteiger partial charge on any atom is -0.358 e. The van der Waals surface area contributed by atoms with Crippen LogP contribution >= 0.6 is 0 Å². The maximum atomic E-state index is 2.28. The van der Waals surface area contributed by atoms with E-state index in [0.29, 0.717) is 0 Å².